The molecule has 3 aromatic heterocycles. The molecule has 0 aliphatic heterocycles. The lowest BCUT2D eigenvalue weighted by Crippen LogP contribution is -2.45. The van der Waals surface area contributed by atoms with Crippen LogP contribution < -0.4 is 47.1 Å². The molecular formula is C51H51N7O15. The second-order valence-corrected chi connectivity index (χ2v) is 15.6. The van der Waals surface area contributed by atoms with Gasteiger partial charge in [0.2, 0.25) is 0 Å². The first-order chi connectivity index (χ1) is 35.3. The first-order valence-corrected chi connectivity index (χ1v) is 22.5. The van der Waals surface area contributed by atoms with Gasteiger partial charge in [0.25, 0.3) is 34.4 Å². The number of nitrogens with one attached hydrogen (secondary N) is 3. The number of rotatable bonds is 24. The number of benzene rings is 3. The minimum absolute atomic E-state index is 0.0733. The van der Waals surface area contributed by atoms with Gasteiger partial charge in [0, 0.05) is 39.3 Å². The Morgan fingerprint density at radius 3 is 0.904 bits per heavy atom. The number of carbonyl (C=O) groups excluding carboxylic acids is 6. The third-order valence-electron chi connectivity index (χ3n) is 10.8. The summed E-state index contributed by atoms with van der Waals surface area (Å²) in [6.07, 6.45) is 0. The van der Waals surface area contributed by atoms with Gasteiger partial charge in [-0.2, -0.15) is 0 Å². The van der Waals surface area contributed by atoms with Gasteiger partial charge >= 0.3 is 17.9 Å². The zero-order valence-corrected chi connectivity index (χ0v) is 39.9. The van der Waals surface area contributed by atoms with E-state index in [-0.39, 0.29) is 92.9 Å². The number of ether oxygens (including phenoxy) is 3. The highest BCUT2D eigenvalue weighted by atomic mass is 16.7. The average Bonchev–Trinajstić information content (AvgIpc) is 3.41. The summed E-state index contributed by atoms with van der Waals surface area (Å²) >= 11 is 0. The van der Waals surface area contributed by atoms with Crippen molar-refractivity contribution in [3.05, 3.63) is 209 Å². The molecule has 22 nitrogen and oxygen atoms in total. The largest absolute Gasteiger partial charge is 0.465 e. The van der Waals surface area contributed by atoms with E-state index in [4.69, 9.17) is 28.7 Å². The standard InChI is InChI=1S/C51H51N7O15/c1-68-49(65)37-19-22-40(56(46(37)62)71-31-34-13-7-4-8-14-34)43(59)52-25-28-55(29-26-53-44(60)41-23-20-38(50(66)69-2)47(63)57(41)72-32-35-15-9-5-10-16-35)30-27-54-45(61)42-24-21-39(51(67)70-3)48(64)58(42)73-33-36-17-11-6-12-18-36/h4-24H,25-33H2,1-3H3,(H,52,59)(H,53,60)(H,54,61). The zero-order valence-electron chi connectivity index (χ0n) is 39.9. The second kappa shape index (κ2) is 26.1. The maximum atomic E-state index is 13.7. The van der Waals surface area contributed by atoms with Crippen molar-refractivity contribution in [1.29, 1.82) is 0 Å². The molecule has 0 atom stereocenters. The van der Waals surface area contributed by atoms with Crippen LogP contribution in [0.25, 0.3) is 0 Å². The Kier molecular flexibility index (Phi) is 18.9. The number of hydrogen-bond donors (Lipinski definition) is 3. The molecule has 3 N–H and O–H groups in total. The molecule has 6 aromatic rings. The Morgan fingerprint density at radius 2 is 0.658 bits per heavy atom. The van der Waals surface area contributed by atoms with Crippen LogP contribution in [0.5, 0.6) is 0 Å². The van der Waals surface area contributed by atoms with Crippen molar-refractivity contribution < 1.29 is 57.5 Å². The fourth-order valence-electron chi connectivity index (χ4n) is 6.97. The lowest BCUT2D eigenvalue weighted by Gasteiger charge is -2.23. The first-order valence-electron chi connectivity index (χ1n) is 22.5. The molecule has 73 heavy (non-hydrogen) atoms. The molecule has 0 spiro atoms. The lowest BCUT2D eigenvalue weighted by atomic mass is 10.2. The molecule has 0 unspecified atom stereocenters. The summed E-state index contributed by atoms with van der Waals surface area (Å²) in [5.74, 6) is -5.08. The van der Waals surface area contributed by atoms with Gasteiger partial charge in [-0.25, -0.2) is 14.4 Å². The number of nitrogens with zero attached hydrogens (tertiary/aromatic N) is 4. The zero-order chi connectivity index (χ0) is 52.3. The second-order valence-electron chi connectivity index (χ2n) is 15.6. The normalized spacial score (nSPS) is 10.7. The van der Waals surface area contributed by atoms with E-state index < -0.39 is 52.3 Å². The Hall–Kier alpha value is -9.31. The van der Waals surface area contributed by atoms with Gasteiger partial charge in [-0.05, 0) is 53.1 Å². The summed E-state index contributed by atoms with van der Waals surface area (Å²) in [7, 11) is 3.32. The number of amides is 3. The predicted molar refractivity (Wildman–Crippen MR) is 260 cm³/mol. The molecule has 3 heterocycles. The number of hydrogen-bond acceptors (Lipinski definition) is 16. The van der Waals surface area contributed by atoms with Crippen molar-refractivity contribution in [3.63, 3.8) is 0 Å². The van der Waals surface area contributed by atoms with Crippen LogP contribution in [0.4, 0.5) is 0 Å². The molecule has 22 heteroatoms. The Balaban J connectivity index is 1.20. The summed E-state index contributed by atoms with van der Waals surface area (Å²) in [6.45, 7) is -0.397. The molecule has 6 rings (SSSR count). The van der Waals surface area contributed by atoms with Crippen molar-refractivity contribution in [2.45, 2.75) is 19.8 Å². The number of carbonyl (C=O) groups is 6. The van der Waals surface area contributed by atoms with E-state index in [0.29, 0.717) is 30.9 Å². The minimum atomic E-state index is -0.939. The summed E-state index contributed by atoms with van der Waals surface area (Å²) in [5.41, 5.74) is -2.64. The fraction of sp³-hybridized carbons (Fsp3) is 0.235. The van der Waals surface area contributed by atoms with Crippen LogP contribution in [0.1, 0.15) is 79.2 Å². The molecule has 0 saturated carbocycles. The van der Waals surface area contributed by atoms with E-state index in [0.717, 1.165) is 39.5 Å². The van der Waals surface area contributed by atoms with Crippen LogP contribution in [0.3, 0.4) is 0 Å². The molecular weight excluding hydrogens is 951 g/mol. The molecule has 3 amide bonds. The molecule has 3 aromatic carbocycles. The Morgan fingerprint density at radius 1 is 0.397 bits per heavy atom. The monoisotopic (exact) mass is 1000 g/mol. The highest BCUT2D eigenvalue weighted by Gasteiger charge is 2.24. The number of esters is 3. The number of aromatic nitrogens is 3. The molecule has 0 aliphatic rings. The smallest absolute Gasteiger partial charge is 0.343 e. The maximum Gasteiger partial charge on any atom is 0.343 e. The van der Waals surface area contributed by atoms with Gasteiger partial charge in [-0.15, -0.1) is 14.2 Å². The van der Waals surface area contributed by atoms with Gasteiger partial charge in [0.1, 0.15) is 53.6 Å². The predicted octanol–water partition coefficient (Wildman–Crippen LogP) is 1.31. The minimum Gasteiger partial charge on any atom is -0.465 e. The SMILES string of the molecule is COC(=O)c1ccc(C(=O)NCCN(CCNC(=O)c2ccc(C(=O)OC)c(=O)n2OCc2ccccc2)CCNC(=O)c2ccc(C(=O)OC)c(=O)n2OCc2ccccc2)n(OCc2ccccc2)c1=O. The van der Waals surface area contributed by atoms with Crippen molar-refractivity contribution in [3.8, 4) is 0 Å². The quantitative estimate of drug-likeness (QED) is 0.0570. The average molecular weight is 1000 g/mol. The highest BCUT2D eigenvalue weighted by Crippen LogP contribution is 2.08. The van der Waals surface area contributed by atoms with Crippen molar-refractivity contribution in [1.82, 2.24) is 35.0 Å². The van der Waals surface area contributed by atoms with Gasteiger partial charge in [-0.1, -0.05) is 91.0 Å². The van der Waals surface area contributed by atoms with E-state index in [1.807, 2.05) is 0 Å². The summed E-state index contributed by atoms with van der Waals surface area (Å²) in [4.78, 5) is 138. The van der Waals surface area contributed by atoms with Gasteiger partial charge < -0.3 is 44.7 Å². The van der Waals surface area contributed by atoms with Gasteiger partial charge in [-0.3, -0.25) is 33.7 Å². The molecule has 0 bridgehead atoms. The van der Waals surface area contributed by atoms with Crippen molar-refractivity contribution in [2.24, 2.45) is 0 Å². The van der Waals surface area contributed by atoms with Crippen LogP contribution >= 0.6 is 0 Å². The maximum absolute atomic E-state index is 13.7. The van der Waals surface area contributed by atoms with Crippen LogP contribution in [0, 0.1) is 0 Å². The molecule has 380 valence electrons. The van der Waals surface area contributed by atoms with Gasteiger partial charge in [0.05, 0.1) is 21.3 Å². The summed E-state index contributed by atoms with van der Waals surface area (Å²) in [6, 6.07) is 33.5. The molecule has 0 fully saturated rings. The third kappa shape index (κ3) is 13.9. The van der Waals surface area contributed by atoms with Crippen LogP contribution in [0.15, 0.2) is 142 Å². The molecule has 0 radical (unpaired) electrons. The summed E-state index contributed by atoms with van der Waals surface area (Å²) in [5, 5.41) is 8.20. The molecule has 0 saturated heterocycles. The number of pyridine rings is 3. The first kappa shape index (κ1) is 53.0. The molecule has 0 aliphatic carbocycles. The van der Waals surface area contributed by atoms with E-state index in [1.54, 1.807) is 95.9 Å². The van der Waals surface area contributed by atoms with E-state index in [2.05, 4.69) is 16.0 Å². The fourth-order valence-corrected chi connectivity index (χ4v) is 6.97. The van der Waals surface area contributed by atoms with Crippen LogP contribution in [-0.4, -0.2) is 115 Å². The van der Waals surface area contributed by atoms with E-state index >= 15 is 0 Å². The summed E-state index contributed by atoms with van der Waals surface area (Å²) < 4.78 is 16.3. The van der Waals surface area contributed by atoms with Crippen molar-refractivity contribution >= 4 is 35.6 Å². The number of methoxy groups -OCH3 is 3. The van der Waals surface area contributed by atoms with Gasteiger partial charge in [0.15, 0.2) is 0 Å². The highest BCUT2D eigenvalue weighted by molar-refractivity contribution is 5.96. The van der Waals surface area contributed by atoms with E-state index in [1.165, 1.54) is 18.2 Å². The Bertz CT molecular complexity index is 2770. The van der Waals surface area contributed by atoms with E-state index in [9.17, 15) is 43.2 Å². The topological polar surface area (TPSA) is 263 Å². The van der Waals surface area contributed by atoms with Crippen molar-refractivity contribution in [2.75, 3.05) is 60.6 Å². The Labute approximate surface area is 416 Å². The third-order valence-corrected chi connectivity index (χ3v) is 10.8. The van der Waals surface area contributed by atoms with Crippen LogP contribution in [-0.2, 0) is 34.0 Å². The van der Waals surface area contributed by atoms with Crippen LogP contribution in [0.2, 0.25) is 0 Å². The lowest BCUT2D eigenvalue weighted by molar-refractivity contribution is 0.0560.